The van der Waals surface area contributed by atoms with E-state index in [4.69, 9.17) is 5.26 Å². The zero-order valence-electron chi connectivity index (χ0n) is 8.46. The van der Waals surface area contributed by atoms with E-state index in [1.165, 1.54) is 22.1 Å². The van der Waals surface area contributed by atoms with E-state index in [1.54, 1.807) is 0 Å². The van der Waals surface area contributed by atoms with E-state index in [2.05, 4.69) is 46.1 Å². The molecule has 1 aromatic rings. The van der Waals surface area contributed by atoms with Gasteiger partial charge in [-0.05, 0) is 47.6 Å². The van der Waals surface area contributed by atoms with Gasteiger partial charge < -0.3 is 5.32 Å². The Morgan fingerprint density at radius 2 is 2.13 bits per heavy atom. The lowest BCUT2D eigenvalue weighted by Crippen LogP contribution is -2.15. The molecule has 0 radical (unpaired) electrons. The maximum absolute atomic E-state index is 8.71. The van der Waals surface area contributed by atoms with Crippen LogP contribution in [-0.4, -0.2) is 6.54 Å². The largest absolute Gasteiger partial charge is 0.384 e. The number of benzene rings is 1. The number of hydrogen-bond donors (Lipinski definition) is 1. The summed E-state index contributed by atoms with van der Waals surface area (Å²) >= 11 is 2.33. The van der Waals surface area contributed by atoms with Crippen LogP contribution in [0.4, 0.5) is 5.69 Å². The van der Waals surface area contributed by atoms with Gasteiger partial charge in [0.25, 0.3) is 0 Å². The molecule has 1 aromatic carbocycles. The van der Waals surface area contributed by atoms with Crippen LogP contribution in [-0.2, 0) is 0 Å². The SMILES string of the molecule is N#CCC1(CNc2ccccc2I)CC1. The molecule has 78 valence electrons. The molecule has 0 aliphatic heterocycles. The van der Waals surface area contributed by atoms with Crippen molar-refractivity contribution in [1.82, 2.24) is 0 Å². The van der Waals surface area contributed by atoms with E-state index in [0.29, 0.717) is 6.42 Å². The van der Waals surface area contributed by atoms with Crippen molar-refractivity contribution in [3.63, 3.8) is 0 Å². The van der Waals surface area contributed by atoms with E-state index in [1.807, 2.05) is 12.1 Å². The summed E-state index contributed by atoms with van der Waals surface area (Å²) in [7, 11) is 0. The standard InChI is InChI=1S/C12H13IN2/c13-10-3-1-2-4-11(10)15-9-12(5-6-12)7-8-14/h1-4,15H,5-7,9H2. The summed E-state index contributed by atoms with van der Waals surface area (Å²) < 4.78 is 1.24. The Morgan fingerprint density at radius 3 is 2.73 bits per heavy atom. The number of anilines is 1. The van der Waals surface area contributed by atoms with Gasteiger partial charge in [0.2, 0.25) is 0 Å². The molecule has 15 heavy (non-hydrogen) atoms. The maximum atomic E-state index is 8.71. The fraction of sp³-hybridized carbons (Fsp3) is 0.417. The van der Waals surface area contributed by atoms with Crippen LogP contribution in [0, 0.1) is 20.3 Å². The third-order valence-electron chi connectivity index (χ3n) is 2.94. The number of halogens is 1. The van der Waals surface area contributed by atoms with Crippen LogP contribution in [0.15, 0.2) is 24.3 Å². The lowest BCUT2D eigenvalue weighted by Gasteiger charge is -2.14. The molecule has 0 atom stereocenters. The molecule has 0 spiro atoms. The Labute approximate surface area is 104 Å². The smallest absolute Gasteiger partial charge is 0.0628 e. The molecule has 1 N–H and O–H groups in total. The Bertz CT molecular complexity index is 391. The molecule has 0 saturated heterocycles. The molecule has 0 heterocycles. The number of nitrogens with one attached hydrogen (secondary N) is 1. The van der Waals surface area contributed by atoms with E-state index in [0.717, 1.165) is 6.54 Å². The Morgan fingerprint density at radius 1 is 1.40 bits per heavy atom. The van der Waals surface area contributed by atoms with Gasteiger partial charge in [0.15, 0.2) is 0 Å². The first kappa shape index (κ1) is 10.7. The molecule has 0 amide bonds. The van der Waals surface area contributed by atoms with Gasteiger partial charge >= 0.3 is 0 Å². The van der Waals surface area contributed by atoms with Gasteiger partial charge in [0.1, 0.15) is 0 Å². The Kier molecular flexibility index (Phi) is 3.15. The summed E-state index contributed by atoms with van der Waals surface area (Å²) in [6, 6.07) is 10.5. The fourth-order valence-corrected chi connectivity index (χ4v) is 2.23. The average molecular weight is 312 g/mol. The first-order valence-electron chi connectivity index (χ1n) is 5.11. The van der Waals surface area contributed by atoms with Crippen LogP contribution in [0.25, 0.3) is 0 Å². The van der Waals surface area contributed by atoms with Crippen LogP contribution in [0.5, 0.6) is 0 Å². The zero-order chi connectivity index (χ0) is 10.7. The second-order valence-electron chi connectivity index (χ2n) is 4.17. The monoisotopic (exact) mass is 312 g/mol. The average Bonchev–Trinajstić information content (AvgIpc) is 2.98. The van der Waals surface area contributed by atoms with Gasteiger partial charge in [-0.25, -0.2) is 0 Å². The molecule has 1 fully saturated rings. The second-order valence-corrected chi connectivity index (χ2v) is 5.33. The number of rotatable bonds is 4. The lowest BCUT2D eigenvalue weighted by molar-refractivity contribution is 0.557. The van der Waals surface area contributed by atoms with Crippen LogP contribution in [0.1, 0.15) is 19.3 Å². The van der Waals surface area contributed by atoms with E-state index < -0.39 is 0 Å². The third-order valence-corrected chi connectivity index (χ3v) is 3.88. The number of nitrogens with zero attached hydrogens (tertiary/aromatic N) is 1. The maximum Gasteiger partial charge on any atom is 0.0628 e. The highest BCUT2D eigenvalue weighted by atomic mass is 127. The molecule has 1 aliphatic rings. The molecule has 3 heteroatoms. The van der Waals surface area contributed by atoms with Gasteiger partial charge in [-0.15, -0.1) is 0 Å². The van der Waals surface area contributed by atoms with Gasteiger partial charge in [-0.3, -0.25) is 0 Å². The third kappa shape index (κ3) is 2.63. The fourth-order valence-electron chi connectivity index (χ4n) is 1.65. The second kappa shape index (κ2) is 4.40. The molecule has 2 rings (SSSR count). The summed E-state index contributed by atoms with van der Waals surface area (Å²) in [4.78, 5) is 0. The highest BCUT2D eigenvalue weighted by Crippen LogP contribution is 2.48. The lowest BCUT2D eigenvalue weighted by atomic mass is 10.0. The first-order valence-corrected chi connectivity index (χ1v) is 6.19. The van der Waals surface area contributed by atoms with Crippen molar-refractivity contribution in [2.75, 3.05) is 11.9 Å². The minimum Gasteiger partial charge on any atom is -0.384 e. The quantitative estimate of drug-likeness (QED) is 0.865. The summed E-state index contributed by atoms with van der Waals surface area (Å²) in [6.07, 6.45) is 3.07. The summed E-state index contributed by atoms with van der Waals surface area (Å²) in [5, 5.41) is 12.2. The number of para-hydroxylation sites is 1. The van der Waals surface area contributed by atoms with Crippen LogP contribution in [0.2, 0.25) is 0 Å². The van der Waals surface area contributed by atoms with Crippen LogP contribution >= 0.6 is 22.6 Å². The van der Waals surface area contributed by atoms with Crippen molar-refractivity contribution in [3.05, 3.63) is 27.8 Å². The number of nitriles is 1. The van der Waals surface area contributed by atoms with Crippen molar-refractivity contribution >= 4 is 28.3 Å². The Hall–Kier alpha value is -0.760. The first-order chi connectivity index (χ1) is 7.26. The highest BCUT2D eigenvalue weighted by Gasteiger charge is 2.42. The van der Waals surface area contributed by atoms with Crippen molar-refractivity contribution < 1.29 is 0 Å². The van der Waals surface area contributed by atoms with Gasteiger partial charge in [0, 0.05) is 27.6 Å². The minimum absolute atomic E-state index is 0.271. The highest BCUT2D eigenvalue weighted by molar-refractivity contribution is 14.1. The van der Waals surface area contributed by atoms with Crippen molar-refractivity contribution in [2.24, 2.45) is 5.41 Å². The van der Waals surface area contributed by atoms with E-state index in [-0.39, 0.29) is 5.41 Å². The molecular formula is C12H13IN2. The van der Waals surface area contributed by atoms with Crippen LogP contribution in [0.3, 0.4) is 0 Å². The molecule has 0 unspecified atom stereocenters. The van der Waals surface area contributed by atoms with Gasteiger partial charge in [0.05, 0.1) is 6.07 Å². The van der Waals surface area contributed by atoms with E-state index in [9.17, 15) is 0 Å². The summed E-state index contributed by atoms with van der Waals surface area (Å²) in [5.74, 6) is 0. The molecular weight excluding hydrogens is 299 g/mol. The molecule has 0 bridgehead atoms. The zero-order valence-corrected chi connectivity index (χ0v) is 10.6. The predicted octanol–water partition coefficient (Wildman–Crippen LogP) is 3.40. The van der Waals surface area contributed by atoms with E-state index >= 15 is 0 Å². The van der Waals surface area contributed by atoms with Crippen LogP contribution < -0.4 is 5.32 Å². The van der Waals surface area contributed by atoms with Gasteiger partial charge in [-0.2, -0.15) is 5.26 Å². The topological polar surface area (TPSA) is 35.8 Å². The predicted molar refractivity (Wildman–Crippen MR) is 69.5 cm³/mol. The van der Waals surface area contributed by atoms with Crippen molar-refractivity contribution in [3.8, 4) is 6.07 Å². The molecule has 0 aromatic heterocycles. The normalized spacial score (nSPS) is 16.8. The molecule has 1 aliphatic carbocycles. The molecule has 2 nitrogen and oxygen atoms in total. The van der Waals surface area contributed by atoms with Gasteiger partial charge in [-0.1, -0.05) is 12.1 Å². The minimum atomic E-state index is 0.271. The van der Waals surface area contributed by atoms with Crippen molar-refractivity contribution in [1.29, 1.82) is 5.26 Å². The Balaban J connectivity index is 1.94. The summed E-state index contributed by atoms with van der Waals surface area (Å²) in [6.45, 7) is 0.931. The summed E-state index contributed by atoms with van der Waals surface area (Å²) in [5.41, 5.74) is 1.45. The van der Waals surface area contributed by atoms with Crippen molar-refractivity contribution in [2.45, 2.75) is 19.3 Å². The molecule has 1 saturated carbocycles. The number of hydrogen-bond acceptors (Lipinski definition) is 2.